The number of guanidine groups is 1. The molecule has 0 radical (unpaired) electrons. The second-order valence-electron chi connectivity index (χ2n) is 5.59. The van der Waals surface area contributed by atoms with E-state index in [9.17, 15) is 0 Å². The van der Waals surface area contributed by atoms with Crippen molar-refractivity contribution in [3.63, 3.8) is 0 Å². The first-order valence-electron chi connectivity index (χ1n) is 7.39. The number of ether oxygens (including phenoxy) is 1. The lowest BCUT2D eigenvalue weighted by Crippen LogP contribution is -2.43. The van der Waals surface area contributed by atoms with Crippen LogP contribution in [0.4, 0.5) is 0 Å². The first-order chi connectivity index (χ1) is 9.65. The summed E-state index contributed by atoms with van der Waals surface area (Å²) in [7, 11) is 0. The molecule has 1 aromatic carbocycles. The zero-order valence-electron chi connectivity index (χ0n) is 12.5. The molecule has 0 aromatic heterocycles. The van der Waals surface area contributed by atoms with Gasteiger partial charge in [0.05, 0.1) is 6.54 Å². The highest BCUT2D eigenvalue weighted by atomic mass is 16.5. The maximum Gasteiger partial charge on any atom is 0.191 e. The Balaban J connectivity index is 1.73. The summed E-state index contributed by atoms with van der Waals surface area (Å²) in [5.74, 6) is 2.25. The summed E-state index contributed by atoms with van der Waals surface area (Å²) in [5, 5.41) is 0. The molecule has 2 N–H and O–H groups in total. The fourth-order valence-electron chi connectivity index (χ4n) is 2.46. The van der Waals surface area contributed by atoms with Crippen LogP contribution >= 0.6 is 0 Å². The number of likely N-dealkylation sites (tertiary alicyclic amines) is 1. The third kappa shape index (κ3) is 4.44. The summed E-state index contributed by atoms with van der Waals surface area (Å²) in [5.41, 5.74) is 7.27. The van der Waals surface area contributed by atoms with Gasteiger partial charge in [0.1, 0.15) is 12.4 Å². The summed E-state index contributed by atoms with van der Waals surface area (Å²) >= 11 is 0. The normalized spacial score (nSPS) is 20.0. The van der Waals surface area contributed by atoms with Gasteiger partial charge in [-0.1, -0.05) is 24.6 Å². The molecular formula is C16H25N3O. The lowest BCUT2D eigenvalue weighted by molar-refractivity contribution is 0.269. The minimum Gasteiger partial charge on any atom is -0.492 e. The van der Waals surface area contributed by atoms with Crippen molar-refractivity contribution in [3.8, 4) is 5.75 Å². The van der Waals surface area contributed by atoms with Crippen molar-refractivity contribution in [2.24, 2.45) is 16.6 Å². The molecule has 0 amide bonds. The van der Waals surface area contributed by atoms with Crippen LogP contribution in [-0.2, 0) is 0 Å². The largest absolute Gasteiger partial charge is 0.492 e. The molecule has 1 atom stereocenters. The number of nitrogens with zero attached hydrogens (tertiary/aromatic N) is 2. The van der Waals surface area contributed by atoms with Gasteiger partial charge < -0.3 is 15.4 Å². The molecule has 1 aromatic rings. The zero-order chi connectivity index (χ0) is 14.4. The molecule has 2 rings (SSSR count). The van der Waals surface area contributed by atoms with E-state index in [1.807, 2.05) is 24.3 Å². The van der Waals surface area contributed by atoms with Gasteiger partial charge in [0.2, 0.25) is 0 Å². The molecule has 4 heteroatoms. The van der Waals surface area contributed by atoms with Gasteiger partial charge in [-0.25, -0.2) is 4.99 Å². The molecule has 1 unspecified atom stereocenters. The maximum atomic E-state index is 6.03. The summed E-state index contributed by atoms with van der Waals surface area (Å²) in [6, 6.07) is 8.05. The molecule has 1 aliphatic heterocycles. The first kappa shape index (κ1) is 14.7. The van der Waals surface area contributed by atoms with Crippen molar-refractivity contribution >= 4 is 5.96 Å². The lowest BCUT2D eigenvalue weighted by Gasteiger charge is -2.31. The quantitative estimate of drug-likeness (QED) is 0.521. The van der Waals surface area contributed by atoms with Crippen LogP contribution in [0.2, 0.25) is 0 Å². The van der Waals surface area contributed by atoms with Crippen LogP contribution in [0.1, 0.15) is 25.3 Å². The monoisotopic (exact) mass is 275 g/mol. The van der Waals surface area contributed by atoms with E-state index in [1.54, 1.807) is 0 Å². The van der Waals surface area contributed by atoms with E-state index in [1.165, 1.54) is 18.4 Å². The summed E-state index contributed by atoms with van der Waals surface area (Å²) in [6.07, 6.45) is 2.50. The van der Waals surface area contributed by atoms with Gasteiger partial charge in [0, 0.05) is 13.1 Å². The highest BCUT2D eigenvalue weighted by molar-refractivity contribution is 5.78. The molecule has 0 spiro atoms. The van der Waals surface area contributed by atoms with E-state index in [0.29, 0.717) is 25.0 Å². The Morgan fingerprint density at radius 2 is 2.15 bits per heavy atom. The van der Waals surface area contributed by atoms with Gasteiger partial charge in [0.25, 0.3) is 0 Å². The highest BCUT2D eigenvalue weighted by Crippen LogP contribution is 2.15. The van der Waals surface area contributed by atoms with E-state index in [-0.39, 0.29) is 0 Å². The van der Waals surface area contributed by atoms with Crippen LogP contribution in [0, 0.1) is 12.8 Å². The second-order valence-corrected chi connectivity index (χ2v) is 5.59. The number of nitrogens with two attached hydrogens (primary N) is 1. The van der Waals surface area contributed by atoms with Gasteiger partial charge in [-0.3, -0.25) is 0 Å². The van der Waals surface area contributed by atoms with Gasteiger partial charge in [-0.15, -0.1) is 0 Å². The fourth-order valence-corrected chi connectivity index (χ4v) is 2.46. The first-order valence-corrected chi connectivity index (χ1v) is 7.39. The Kier molecular flexibility index (Phi) is 5.27. The molecule has 0 aliphatic carbocycles. The summed E-state index contributed by atoms with van der Waals surface area (Å²) in [4.78, 5) is 6.59. The summed E-state index contributed by atoms with van der Waals surface area (Å²) in [6.45, 7) is 7.54. The average Bonchev–Trinajstić information content (AvgIpc) is 2.45. The van der Waals surface area contributed by atoms with Crippen molar-refractivity contribution in [1.29, 1.82) is 0 Å². The Bertz CT molecular complexity index is 442. The third-order valence-corrected chi connectivity index (χ3v) is 3.64. The number of aliphatic imine (C=N–C) groups is 1. The van der Waals surface area contributed by atoms with Crippen molar-refractivity contribution in [2.45, 2.75) is 26.7 Å². The molecular weight excluding hydrogens is 250 g/mol. The Morgan fingerprint density at radius 1 is 1.40 bits per heavy atom. The Hall–Kier alpha value is -1.71. The molecule has 1 saturated heterocycles. The van der Waals surface area contributed by atoms with E-state index in [4.69, 9.17) is 10.5 Å². The molecule has 1 fully saturated rings. The van der Waals surface area contributed by atoms with Crippen LogP contribution < -0.4 is 10.5 Å². The van der Waals surface area contributed by atoms with E-state index >= 15 is 0 Å². The number of aryl methyl sites for hydroxylation is 1. The molecule has 110 valence electrons. The molecule has 0 saturated carbocycles. The van der Waals surface area contributed by atoms with E-state index in [2.05, 4.69) is 23.7 Å². The minimum atomic E-state index is 0.563. The van der Waals surface area contributed by atoms with Crippen LogP contribution in [0.25, 0.3) is 0 Å². The number of hydrogen-bond donors (Lipinski definition) is 1. The predicted molar refractivity (Wildman–Crippen MR) is 83.1 cm³/mol. The smallest absolute Gasteiger partial charge is 0.191 e. The molecule has 4 nitrogen and oxygen atoms in total. The number of benzene rings is 1. The predicted octanol–water partition coefficient (Wildman–Crippen LogP) is 2.42. The summed E-state index contributed by atoms with van der Waals surface area (Å²) < 4.78 is 5.64. The van der Waals surface area contributed by atoms with Crippen molar-refractivity contribution in [1.82, 2.24) is 4.90 Å². The van der Waals surface area contributed by atoms with E-state index < -0.39 is 0 Å². The van der Waals surface area contributed by atoms with Crippen LogP contribution in [0.5, 0.6) is 5.75 Å². The molecule has 1 aliphatic rings. The highest BCUT2D eigenvalue weighted by Gasteiger charge is 2.17. The average molecular weight is 275 g/mol. The molecule has 20 heavy (non-hydrogen) atoms. The zero-order valence-corrected chi connectivity index (χ0v) is 12.5. The standard InChI is InChI=1S/C16H25N3O/c1-13-5-7-15(8-6-13)20-11-9-18-16(17)19-10-3-4-14(2)12-19/h5-8,14H,3-4,9-12H2,1-2H3,(H2,17,18). The number of rotatable bonds is 4. The van der Waals surface area contributed by atoms with Crippen molar-refractivity contribution in [3.05, 3.63) is 29.8 Å². The fraction of sp³-hybridized carbons (Fsp3) is 0.562. The van der Waals surface area contributed by atoms with Gasteiger partial charge in [-0.2, -0.15) is 0 Å². The molecule has 0 bridgehead atoms. The van der Waals surface area contributed by atoms with Crippen LogP contribution in [-0.4, -0.2) is 37.1 Å². The minimum absolute atomic E-state index is 0.563. The molecule has 1 heterocycles. The third-order valence-electron chi connectivity index (χ3n) is 3.64. The van der Waals surface area contributed by atoms with Crippen LogP contribution in [0.15, 0.2) is 29.3 Å². The number of hydrogen-bond acceptors (Lipinski definition) is 2. The Labute approximate surface area is 121 Å². The topological polar surface area (TPSA) is 50.9 Å². The van der Waals surface area contributed by atoms with Gasteiger partial charge in [0.15, 0.2) is 5.96 Å². The van der Waals surface area contributed by atoms with Crippen molar-refractivity contribution < 1.29 is 4.74 Å². The Morgan fingerprint density at radius 3 is 2.85 bits per heavy atom. The van der Waals surface area contributed by atoms with Crippen molar-refractivity contribution in [2.75, 3.05) is 26.2 Å². The number of piperidine rings is 1. The lowest BCUT2D eigenvalue weighted by atomic mass is 10.0. The van der Waals surface area contributed by atoms with E-state index in [0.717, 1.165) is 18.8 Å². The maximum absolute atomic E-state index is 6.03. The second kappa shape index (κ2) is 7.17. The SMILES string of the molecule is Cc1ccc(OCCN=C(N)N2CCCC(C)C2)cc1. The van der Waals surface area contributed by atoms with Crippen LogP contribution in [0.3, 0.4) is 0 Å². The van der Waals surface area contributed by atoms with Gasteiger partial charge >= 0.3 is 0 Å². The van der Waals surface area contributed by atoms with Gasteiger partial charge in [-0.05, 0) is 37.8 Å².